The van der Waals surface area contributed by atoms with E-state index in [4.69, 9.17) is 10.3 Å². The number of nitrogens with two attached hydrogens (primary N) is 1. The molecule has 0 radical (unpaired) electrons. The first kappa shape index (κ1) is 13.3. The van der Waals surface area contributed by atoms with E-state index in [-0.39, 0.29) is 0 Å². The molecule has 0 spiro atoms. The van der Waals surface area contributed by atoms with E-state index in [2.05, 4.69) is 27.4 Å². The van der Waals surface area contributed by atoms with Crippen LogP contribution in [0, 0.1) is 6.92 Å². The van der Waals surface area contributed by atoms with Crippen molar-refractivity contribution in [3.05, 3.63) is 29.3 Å². The highest BCUT2D eigenvalue weighted by Crippen LogP contribution is 2.20. The predicted octanol–water partition coefficient (Wildman–Crippen LogP) is 2.31. The molecular formula is C13H19N5O. The second-order valence-corrected chi connectivity index (χ2v) is 4.44. The Hall–Kier alpha value is -2.11. The molecule has 3 N–H and O–H groups in total. The Morgan fingerprint density at radius 1 is 1.37 bits per heavy atom. The Morgan fingerprint density at radius 2 is 2.21 bits per heavy atom. The molecule has 6 nitrogen and oxygen atoms in total. The molecule has 0 aromatic carbocycles. The first-order valence-corrected chi connectivity index (χ1v) is 6.46. The van der Waals surface area contributed by atoms with Crippen molar-refractivity contribution in [3.8, 4) is 0 Å². The van der Waals surface area contributed by atoms with E-state index in [1.807, 2.05) is 13.0 Å². The molecule has 2 rings (SSSR count). The van der Waals surface area contributed by atoms with E-state index in [0.717, 1.165) is 42.0 Å². The van der Waals surface area contributed by atoms with Crippen molar-refractivity contribution in [3.63, 3.8) is 0 Å². The lowest BCUT2D eigenvalue weighted by atomic mass is 10.1. The Balaban J connectivity index is 2.16. The van der Waals surface area contributed by atoms with E-state index in [1.54, 1.807) is 6.26 Å². The molecule has 0 aliphatic carbocycles. The van der Waals surface area contributed by atoms with Crippen molar-refractivity contribution in [2.24, 2.45) is 0 Å². The molecule has 19 heavy (non-hydrogen) atoms. The van der Waals surface area contributed by atoms with Gasteiger partial charge in [-0.25, -0.2) is 4.98 Å². The van der Waals surface area contributed by atoms with Crippen LogP contribution in [-0.4, -0.2) is 15.1 Å². The predicted molar refractivity (Wildman–Crippen MR) is 73.6 cm³/mol. The first-order chi connectivity index (χ1) is 9.20. The normalized spacial score (nSPS) is 10.6. The number of aromatic nitrogens is 3. The molecule has 0 fully saturated rings. The Labute approximate surface area is 112 Å². The number of aryl methyl sites for hydroxylation is 1. The third-order valence-corrected chi connectivity index (χ3v) is 2.94. The van der Waals surface area contributed by atoms with Gasteiger partial charge in [0.15, 0.2) is 0 Å². The summed E-state index contributed by atoms with van der Waals surface area (Å²) in [6, 6.07) is 1.82. The van der Waals surface area contributed by atoms with E-state index in [1.165, 1.54) is 0 Å². The molecule has 2 heterocycles. The van der Waals surface area contributed by atoms with Crippen LogP contribution in [0.25, 0.3) is 0 Å². The molecule has 2 aromatic rings. The second-order valence-electron chi connectivity index (χ2n) is 4.44. The maximum Gasteiger partial charge on any atom is 0.222 e. The summed E-state index contributed by atoms with van der Waals surface area (Å²) in [4.78, 5) is 8.51. The molecule has 0 aliphatic rings. The molecule has 0 saturated carbocycles. The van der Waals surface area contributed by atoms with Crippen molar-refractivity contribution in [1.82, 2.24) is 15.1 Å². The molecule has 0 amide bonds. The highest BCUT2D eigenvalue weighted by atomic mass is 16.5. The van der Waals surface area contributed by atoms with Gasteiger partial charge in [-0.2, -0.15) is 4.98 Å². The van der Waals surface area contributed by atoms with Gasteiger partial charge in [0.2, 0.25) is 5.95 Å². The topological polar surface area (TPSA) is 89.9 Å². The number of nitrogens with one attached hydrogen (secondary N) is 1. The van der Waals surface area contributed by atoms with Gasteiger partial charge in [-0.1, -0.05) is 18.5 Å². The van der Waals surface area contributed by atoms with Crippen LogP contribution < -0.4 is 11.1 Å². The maximum atomic E-state index is 5.71. The summed E-state index contributed by atoms with van der Waals surface area (Å²) in [5.74, 6) is 1.09. The number of hydrogen-bond acceptors (Lipinski definition) is 6. The van der Waals surface area contributed by atoms with Crippen molar-refractivity contribution in [1.29, 1.82) is 0 Å². The maximum absolute atomic E-state index is 5.71. The zero-order chi connectivity index (χ0) is 13.7. The lowest BCUT2D eigenvalue weighted by Crippen LogP contribution is -2.10. The minimum atomic E-state index is 0.292. The van der Waals surface area contributed by atoms with Gasteiger partial charge < -0.3 is 15.6 Å². The smallest absolute Gasteiger partial charge is 0.222 e. The highest BCUT2D eigenvalue weighted by Gasteiger charge is 2.10. The Morgan fingerprint density at radius 3 is 2.89 bits per heavy atom. The largest absolute Gasteiger partial charge is 0.368 e. The van der Waals surface area contributed by atoms with Crippen molar-refractivity contribution >= 4 is 11.8 Å². The molecule has 0 unspecified atom stereocenters. The van der Waals surface area contributed by atoms with Crippen LogP contribution in [-0.2, 0) is 13.0 Å². The molecular weight excluding hydrogens is 242 g/mol. The van der Waals surface area contributed by atoms with Gasteiger partial charge in [-0.3, -0.25) is 0 Å². The van der Waals surface area contributed by atoms with Crippen molar-refractivity contribution in [2.45, 2.75) is 39.7 Å². The van der Waals surface area contributed by atoms with Gasteiger partial charge in [0.05, 0.1) is 6.54 Å². The van der Waals surface area contributed by atoms with Gasteiger partial charge in [0.1, 0.15) is 17.8 Å². The van der Waals surface area contributed by atoms with Crippen molar-refractivity contribution in [2.75, 3.05) is 11.1 Å². The molecule has 6 heteroatoms. The zero-order valence-corrected chi connectivity index (χ0v) is 11.3. The number of rotatable bonds is 6. The van der Waals surface area contributed by atoms with E-state index in [0.29, 0.717) is 12.5 Å². The first-order valence-electron chi connectivity index (χ1n) is 6.46. The Kier molecular flexibility index (Phi) is 4.33. The highest BCUT2D eigenvalue weighted by molar-refractivity contribution is 5.49. The van der Waals surface area contributed by atoms with Gasteiger partial charge in [0.25, 0.3) is 0 Å². The fourth-order valence-electron chi connectivity index (χ4n) is 1.92. The van der Waals surface area contributed by atoms with E-state index in [9.17, 15) is 0 Å². The summed E-state index contributed by atoms with van der Waals surface area (Å²) in [5.41, 5.74) is 8.60. The van der Waals surface area contributed by atoms with Gasteiger partial charge >= 0.3 is 0 Å². The number of anilines is 2. The van der Waals surface area contributed by atoms with Crippen LogP contribution in [0.2, 0.25) is 0 Å². The molecule has 0 atom stereocenters. The summed E-state index contributed by atoms with van der Waals surface area (Å²) in [6.45, 7) is 4.69. The lowest BCUT2D eigenvalue weighted by molar-refractivity contribution is 0.412. The summed E-state index contributed by atoms with van der Waals surface area (Å²) in [7, 11) is 0. The lowest BCUT2D eigenvalue weighted by Gasteiger charge is -2.12. The van der Waals surface area contributed by atoms with Crippen molar-refractivity contribution < 1.29 is 4.52 Å². The molecule has 2 aromatic heterocycles. The van der Waals surface area contributed by atoms with Gasteiger partial charge in [-0.15, -0.1) is 0 Å². The number of nitrogen functional groups attached to an aromatic ring is 1. The average molecular weight is 261 g/mol. The number of nitrogens with zero attached hydrogens (tertiary/aromatic N) is 3. The van der Waals surface area contributed by atoms with E-state index >= 15 is 0 Å². The summed E-state index contributed by atoms with van der Waals surface area (Å²) in [6.07, 6.45) is 4.73. The quantitative estimate of drug-likeness (QED) is 0.829. The van der Waals surface area contributed by atoms with E-state index < -0.39 is 0 Å². The minimum Gasteiger partial charge on any atom is -0.368 e. The number of unbranched alkanes of at least 4 members (excludes halogenated alkanes) is 1. The minimum absolute atomic E-state index is 0.292. The third-order valence-electron chi connectivity index (χ3n) is 2.94. The van der Waals surface area contributed by atoms with Crippen LogP contribution in [0.4, 0.5) is 11.8 Å². The summed E-state index contributed by atoms with van der Waals surface area (Å²) < 4.78 is 4.80. The monoisotopic (exact) mass is 261 g/mol. The molecule has 0 aliphatic heterocycles. The second kappa shape index (κ2) is 6.17. The fourth-order valence-corrected chi connectivity index (χ4v) is 1.92. The van der Waals surface area contributed by atoms with Crippen LogP contribution in [0.5, 0.6) is 0 Å². The SMILES string of the molecule is CCCCc1c(C)nc(N)nc1NCc1ccon1. The van der Waals surface area contributed by atoms with Gasteiger partial charge in [0, 0.05) is 17.3 Å². The number of hydrogen-bond donors (Lipinski definition) is 2. The zero-order valence-electron chi connectivity index (χ0n) is 11.3. The standard InChI is InChI=1S/C13H19N5O/c1-3-4-5-11-9(2)16-13(14)17-12(11)15-8-10-6-7-19-18-10/h6-7H,3-5,8H2,1-2H3,(H3,14,15,16,17). The third kappa shape index (κ3) is 3.43. The average Bonchev–Trinajstić information content (AvgIpc) is 2.88. The van der Waals surface area contributed by atoms with Crippen LogP contribution in [0.15, 0.2) is 16.9 Å². The Bertz CT molecular complexity index is 524. The van der Waals surface area contributed by atoms with Crippen LogP contribution >= 0.6 is 0 Å². The van der Waals surface area contributed by atoms with Crippen LogP contribution in [0.1, 0.15) is 36.7 Å². The summed E-state index contributed by atoms with van der Waals surface area (Å²) in [5, 5.41) is 7.11. The van der Waals surface area contributed by atoms with Crippen LogP contribution in [0.3, 0.4) is 0 Å². The molecule has 0 bridgehead atoms. The summed E-state index contributed by atoms with van der Waals surface area (Å²) >= 11 is 0. The molecule has 0 saturated heterocycles. The fraction of sp³-hybridized carbons (Fsp3) is 0.462. The van der Waals surface area contributed by atoms with Gasteiger partial charge in [-0.05, 0) is 19.8 Å². The molecule has 102 valence electrons.